The van der Waals surface area contributed by atoms with Crippen LogP contribution < -0.4 is 5.32 Å². The molecule has 0 radical (unpaired) electrons. The van der Waals surface area contributed by atoms with E-state index in [9.17, 15) is 9.90 Å². The largest absolute Gasteiger partial charge is 0.384 e. The number of aliphatic hydroxyl groups is 1. The minimum Gasteiger partial charge on any atom is -0.384 e. The Kier molecular flexibility index (Phi) is 5.57. The second-order valence-corrected chi connectivity index (χ2v) is 7.62. The monoisotopic (exact) mass is 330 g/mol. The highest BCUT2D eigenvalue weighted by molar-refractivity contribution is 5.78. The van der Waals surface area contributed by atoms with E-state index in [0.29, 0.717) is 25.4 Å². The average molecular weight is 330 g/mol. The molecule has 0 spiro atoms. The van der Waals surface area contributed by atoms with E-state index < -0.39 is 5.60 Å². The topological polar surface area (TPSA) is 52.6 Å². The normalized spacial score (nSPS) is 25.8. The summed E-state index contributed by atoms with van der Waals surface area (Å²) in [5.41, 5.74) is 1.29. The fourth-order valence-corrected chi connectivity index (χ4v) is 4.23. The van der Waals surface area contributed by atoms with Gasteiger partial charge in [-0.3, -0.25) is 9.69 Å². The van der Waals surface area contributed by atoms with Gasteiger partial charge in [-0.25, -0.2) is 0 Å². The predicted molar refractivity (Wildman–Crippen MR) is 95.7 cm³/mol. The molecule has 2 aliphatic rings. The van der Waals surface area contributed by atoms with Crippen LogP contribution in [-0.4, -0.2) is 42.1 Å². The van der Waals surface area contributed by atoms with E-state index in [-0.39, 0.29) is 5.91 Å². The number of likely N-dealkylation sites (tertiary alicyclic amines) is 1. The van der Waals surface area contributed by atoms with Crippen LogP contribution in [0.1, 0.15) is 49.7 Å². The van der Waals surface area contributed by atoms with Crippen molar-refractivity contribution in [2.75, 3.05) is 26.2 Å². The summed E-state index contributed by atoms with van der Waals surface area (Å²) in [7, 11) is 0. The zero-order valence-corrected chi connectivity index (χ0v) is 14.8. The summed E-state index contributed by atoms with van der Waals surface area (Å²) in [4.78, 5) is 14.3. The molecule has 1 unspecified atom stereocenters. The molecule has 1 aliphatic heterocycles. The smallest absolute Gasteiger partial charge is 0.234 e. The minimum absolute atomic E-state index is 0.0922. The molecule has 1 saturated heterocycles. The zero-order valence-electron chi connectivity index (χ0n) is 14.8. The lowest BCUT2D eigenvalue weighted by molar-refractivity contribution is -0.122. The van der Waals surface area contributed by atoms with Gasteiger partial charge in [0.05, 0.1) is 6.54 Å². The Hall–Kier alpha value is -1.39. The Labute approximate surface area is 145 Å². The number of nitrogens with one attached hydrogen (secondary N) is 1. The average Bonchev–Trinajstić information content (AvgIpc) is 2.96. The first-order valence-corrected chi connectivity index (χ1v) is 9.34. The maximum atomic E-state index is 12.2. The summed E-state index contributed by atoms with van der Waals surface area (Å²) in [5.74, 6) is 0.750. The molecule has 1 aromatic carbocycles. The van der Waals surface area contributed by atoms with Crippen LogP contribution in [0.5, 0.6) is 0 Å². The van der Waals surface area contributed by atoms with E-state index in [1.54, 1.807) is 0 Å². The molecule has 1 atom stereocenters. The second-order valence-electron chi connectivity index (χ2n) is 7.62. The Morgan fingerprint density at radius 3 is 2.79 bits per heavy atom. The summed E-state index contributed by atoms with van der Waals surface area (Å²) in [6.07, 6.45) is 7.13. The van der Waals surface area contributed by atoms with Gasteiger partial charge in [0.15, 0.2) is 0 Å². The third-order valence-corrected chi connectivity index (χ3v) is 5.65. The molecule has 0 bridgehead atoms. The van der Waals surface area contributed by atoms with Crippen molar-refractivity contribution in [3.8, 4) is 0 Å². The molecular weight excluding hydrogens is 300 g/mol. The van der Waals surface area contributed by atoms with Crippen LogP contribution in [0.25, 0.3) is 0 Å². The van der Waals surface area contributed by atoms with Crippen molar-refractivity contribution in [3.05, 3.63) is 35.4 Å². The van der Waals surface area contributed by atoms with Gasteiger partial charge in [0.2, 0.25) is 5.91 Å². The van der Waals surface area contributed by atoms with Gasteiger partial charge in [-0.15, -0.1) is 0 Å². The first-order chi connectivity index (χ1) is 11.6. The SMILES string of the molecule is Cc1ccccc1C1(O)CCN(CC(=O)NCC2CCCCC2)C1. The fourth-order valence-electron chi connectivity index (χ4n) is 4.23. The van der Waals surface area contributed by atoms with Crippen molar-refractivity contribution in [1.29, 1.82) is 0 Å². The lowest BCUT2D eigenvalue weighted by atomic mass is 9.89. The number of aryl methyl sites for hydroxylation is 1. The van der Waals surface area contributed by atoms with Gasteiger partial charge in [0.25, 0.3) is 0 Å². The van der Waals surface area contributed by atoms with Crippen molar-refractivity contribution >= 4 is 5.91 Å². The predicted octanol–water partition coefficient (Wildman–Crippen LogP) is 2.58. The van der Waals surface area contributed by atoms with Crippen LogP contribution in [0.3, 0.4) is 0 Å². The minimum atomic E-state index is -0.824. The van der Waals surface area contributed by atoms with Gasteiger partial charge in [-0.1, -0.05) is 43.5 Å². The molecule has 1 aliphatic carbocycles. The highest BCUT2D eigenvalue weighted by Gasteiger charge is 2.38. The van der Waals surface area contributed by atoms with Gasteiger partial charge in [0, 0.05) is 19.6 Å². The number of amides is 1. The summed E-state index contributed by atoms with van der Waals surface area (Å²) in [6.45, 7) is 4.54. The zero-order chi connectivity index (χ0) is 17.0. The van der Waals surface area contributed by atoms with E-state index in [1.165, 1.54) is 32.1 Å². The van der Waals surface area contributed by atoms with Crippen LogP contribution in [0.15, 0.2) is 24.3 Å². The Balaban J connectivity index is 1.48. The fraction of sp³-hybridized carbons (Fsp3) is 0.650. The van der Waals surface area contributed by atoms with Gasteiger partial charge in [-0.05, 0) is 43.2 Å². The molecule has 1 heterocycles. The molecule has 1 aromatic rings. The molecule has 3 rings (SSSR count). The van der Waals surface area contributed by atoms with Crippen LogP contribution >= 0.6 is 0 Å². The molecule has 132 valence electrons. The first-order valence-electron chi connectivity index (χ1n) is 9.34. The summed E-state index contributed by atoms with van der Waals surface area (Å²) in [6, 6.07) is 8.00. The number of hydrogen-bond acceptors (Lipinski definition) is 3. The van der Waals surface area contributed by atoms with Gasteiger partial charge >= 0.3 is 0 Å². The van der Waals surface area contributed by atoms with Crippen molar-refractivity contribution in [3.63, 3.8) is 0 Å². The maximum absolute atomic E-state index is 12.2. The van der Waals surface area contributed by atoms with Gasteiger partial charge in [0.1, 0.15) is 5.60 Å². The van der Waals surface area contributed by atoms with Gasteiger partial charge < -0.3 is 10.4 Å². The number of carbonyl (C=O) groups excluding carboxylic acids is 1. The molecule has 24 heavy (non-hydrogen) atoms. The molecular formula is C20H30N2O2. The quantitative estimate of drug-likeness (QED) is 0.872. The molecule has 1 amide bonds. The molecule has 0 aromatic heterocycles. The first kappa shape index (κ1) is 17.4. The van der Waals surface area contributed by atoms with E-state index in [4.69, 9.17) is 0 Å². The lowest BCUT2D eigenvalue weighted by Gasteiger charge is -2.26. The summed E-state index contributed by atoms with van der Waals surface area (Å²) in [5, 5.41) is 14.1. The molecule has 2 N–H and O–H groups in total. The third-order valence-electron chi connectivity index (χ3n) is 5.65. The number of nitrogens with zero attached hydrogens (tertiary/aromatic N) is 1. The highest BCUT2D eigenvalue weighted by Crippen LogP contribution is 2.33. The molecule has 1 saturated carbocycles. The molecule has 4 nitrogen and oxygen atoms in total. The standard InChI is InChI=1S/C20H30N2O2/c1-16-7-5-6-10-18(16)20(24)11-12-22(15-20)14-19(23)21-13-17-8-3-2-4-9-17/h5-7,10,17,24H,2-4,8-9,11-15H2,1H3,(H,21,23). The van der Waals surface area contributed by atoms with E-state index in [0.717, 1.165) is 24.2 Å². The van der Waals surface area contributed by atoms with Crippen LogP contribution in [0, 0.1) is 12.8 Å². The molecule has 2 fully saturated rings. The van der Waals surface area contributed by atoms with Crippen LogP contribution in [0.2, 0.25) is 0 Å². The second kappa shape index (κ2) is 7.66. The lowest BCUT2D eigenvalue weighted by Crippen LogP contribution is -2.40. The Morgan fingerprint density at radius 2 is 2.04 bits per heavy atom. The Morgan fingerprint density at radius 1 is 1.29 bits per heavy atom. The third kappa shape index (κ3) is 4.17. The number of rotatable bonds is 5. The van der Waals surface area contributed by atoms with Crippen molar-refractivity contribution < 1.29 is 9.90 Å². The van der Waals surface area contributed by atoms with Crippen molar-refractivity contribution in [2.45, 2.75) is 51.0 Å². The van der Waals surface area contributed by atoms with Crippen LogP contribution in [0.4, 0.5) is 0 Å². The van der Waals surface area contributed by atoms with Crippen molar-refractivity contribution in [2.24, 2.45) is 5.92 Å². The van der Waals surface area contributed by atoms with Crippen LogP contribution in [-0.2, 0) is 10.4 Å². The van der Waals surface area contributed by atoms with E-state index in [2.05, 4.69) is 10.2 Å². The maximum Gasteiger partial charge on any atom is 0.234 e. The number of hydrogen-bond donors (Lipinski definition) is 2. The number of carbonyl (C=O) groups is 1. The highest BCUT2D eigenvalue weighted by atomic mass is 16.3. The van der Waals surface area contributed by atoms with E-state index >= 15 is 0 Å². The van der Waals surface area contributed by atoms with Gasteiger partial charge in [-0.2, -0.15) is 0 Å². The number of β-amino-alcohol motifs (C(OH)–C–C–N with tert-alkyl or cyclic N) is 1. The Bertz CT molecular complexity index is 569. The summed E-state index contributed by atoms with van der Waals surface area (Å²) < 4.78 is 0. The van der Waals surface area contributed by atoms with Crippen molar-refractivity contribution in [1.82, 2.24) is 10.2 Å². The molecule has 4 heteroatoms. The summed E-state index contributed by atoms with van der Waals surface area (Å²) >= 11 is 0. The van der Waals surface area contributed by atoms with E-state index in [1.807, 2.05) is 31.2 Å². The number of benzene rings is 1.